The molecule has 7 nitrogen and oxygen atoms in total. The van der Waals surface area contributed by atoms with Crippen LogP contribution in [0.25, 0.3) is 20.9 Å². The van der Waals surface area contributed by atoms with Crippen molar-refractivity contribution in [3.8, 4) is 10.7 Å². The molecule has 2 aliphatic rings. The van der Waals surface area contributed by atoms with E-state index in [2.05, 4.69) is 36.1 Å². The number of aromatic nitrogens is 2. The Bertz CT molecular complexity index is 1570. The average molecular weight is 553 g/mol. The van der Waals surface area contributed by atoms with Crippen molar-refractivity contribution in [2.24, 2.45) is 10.8 Å². The number of carbonyl (C=O) groups excluding carboxylic acids is 1. The molecule has 0 radical (unpaired) electrons. The molecule has 1 aliphatic heterocycles. The van der Waals surface area contributed by atoms with Crippen LogP contribution in [0.15, 0.2) is 58.8 Å². The molecule has 1 amide bonds. The first-order valence-corrected chi connectivity index (χ1v) is 15.4. The molecule has 2 fully saturated rings. The highest BCUT2D eigenvalue weighted by molar-refractivity contribution is 7.89. The van der Waals surface area contributed by atoms with Crippen molar-refractivity contribution < 1.29 is 13.2 Å². The van der Waals surface area contributed by atoms with Crippen molar-refractivity contribution in [3.05, 3.63) is 59.5 Å². The number of carbonyl (C=O) groups is 1. The van der Waals surface area contributed by atoms with Gasteiger partial charge in [-0.25, -0.2) is 18.4 Å². The Hall–Kier alpha value is -2.66. The molecule has 1 saturated heterocycles. The quantitative estimate of drug-likeness (QED) is 0.315. The van der Waals surface area contributed by atoms with Gasteiger partial charge in [-0.15, -0.1) is 22.7 Å². The zero-order valence-corrected chi connectivity index (χ0v) is 23.3. The topological polar surface area (TPSA) is 92.3 Å². The highest BCUT2D eigenvalue weighted by Crippen LogP contribution is 2.53. The number of nitrogens with one attached hydrogen (secondary N) is 1. The molecule has 1 N–H and O–H groups in total. The van der Waals surface area contributed by atoms with Crippen molar-refractivity contribution in [1.82, 2.24) is 14.3 Å². The number of benzene rings is 2. The van der Waals surface area contributed by atoms with E-state index in [0.29, 0.717) is 17.2 Å². The van der Waals surface area contributed by atoms with E-state index in [-0.39, 0.29) is 27.7 Å². The van der Waals surface area contributed by atoms with E-state index in [1.165, 1.54) is 23.5 Å². The van der Waals surface area contributed by atoms with Crippen LogP contribution in [0.3, 0.4) is 0 Å². The number of hydrogen-bond donors (Lipinski definition) is 1. The van der Waals surface area contributed by atoms with Gasteiger partial charge >= 0.3 is 0 Å². The van der Waals surface area contributed by atoms with Crippen molar-refractivity contribution >= 4 is 54.0 Å². The molecule has 192 valence electrons. The van der Waals surface area contributed by atoms with E-state index in [4.69, 9.17) is 0 Å². The largest absolute Gasteiger partial charge is 0.298 e. The fraction of sp³-hybridized carbons (Fsp3) is 0.370. The van der Waals surface area contributed by atoms with E-state index in [1.54, 1.807) is 27.8 Å². The van der Waals surface area contributed by atoms with Gasteiger partial charge in [0.25, 0.3) is 5.91 Å². The molecule has 1 aliphatic carbocycles. The van der Waals surface area contributed by atoms with Gasteiger partial charge < -0.3 is 0 Å². The number of rotatable bonds is 5. The van der Waals surface area contributed by atoms with E-state index in [0.717, 1.165) is 40.2 Å². The molecule has 0 spiro atoms. The number of thiazole rings is 2. The Morgan fingerprint density at radius 2 is 1.81 bits per heavy atom. The summed E-state index contributed by atoms with van der Waals surface area (Å²) >= 11 is 2.89. The summed E-state index contributed by atoms with van der Waals surface area (Å²) in [6, 6.07) is 14.1. The van der Waals surface area contributed by atoms with Gasteiger partial charge in [-0.2, -0.15) is 4.31 Å². The van der Waals surface area contributed by atoms with Gasteiger partial charge in [0.15, 0.2) is 5.13 Å². The molecule has 2 aromatic carbocycles. The molecule has 3 heterocycles. The van der Waals surface area contributed by atoms with E-state index in [1.807, 2.05) is 29.6 Å². The summed E-state index contributed by atoms with van der Waals surface area (Å²) < 4.78 is 29.8. The summed E-state index contributed by atoms with van der Waals surface area (Å²) in [6.07, 6.45) is 2.80. The molecular weight excluding hydrogens is 525 g/mol. The summed E-state index contributed by atoms with van der Waals surface area (Å²) in [5.74, 6) is -0.333. The molecule has 10 heteroatoms. The fourth-order valence-corrected chi connectivity index (χ4v) is 9.65. The molecule has 37 heavy (non-hydrogen) atoms. The van der Waals surface area contributed by atoms with Gasteiger partial charge in [0, 0.05) is 23.5 Å². The van der Waals surface area contributed by atoms with Crippen LogP contribution in [-0.4, -0.2) is 41.2 Å². The summed E-state index contributed by atoms with van der Waals surface area (Å²) in [4.78, 5) is 22.2. The highest BCUT2D eigenvalue weighted by Gasteiger charge is 2.53. The van der Waals surface area contributed by atoms with Gasteiger partial charge in [-0.3, -0.25) is 10.1 Å². The van der Waals surface area contributed by atoms with Crippen LogP contribution < -0.4 is 5.32 Å². The highest BCUT2D eigenvalue weighted by atomic mass is 32.2. The molecule has 6 rings (SSSR count). The maximum absolute atomic E-state index is 13.5. The molecule has 2 atom stereocenters. The monoisotopic (exact) mass is 552 g/mol. The molecule has 2 bridgehead atoms. The third-order valence-electron chi connectivity index (χ3n) is 7.33. The Morgan fingerprint density at radius 1 is 1.05 bits per heavy atom. The number of sulfonamides is 1. The molecule has 2 aromatic heterocycles. The van der Waals surface area contributed by atoms with Crippen LogP contribution in [-0.2, 0) is 10.0 Å². The number of para-hydroxylation sites is 1. The summed E-state index contributed by atoms with van der Waals surface area (Å²) in [6.45, 7) is 7.20. The number of anilines is 1. The van der Waals surface area contributed by atoms with Gasteiger partial charge in [-0.1, -0.05) is 32.9 Å². The number of fused-ring (bicyclic) bond motifs is 3. The van der Waals surface area contributed by atoms with Gasteiger partial charge in [-0.05, 0) is 66.5 Å². The first-order valence-electron chi connectivity index (χ1n) is 12.3. The van der Waals surface area contributed by atoms with Crippen molar-refractivity contribution in [3.63, 3.8) is 0 Å². The lowest BCUT2D eigenvalue weighted by Crippen LogP contribution is -2.37. The Kier molecular flexibility index (Phi) is 5.79. The van der Waals surface area contributed by atoms with Gasteiger partial charge in [0.05, 0.1) is 15.1 Å². The smallest absolute Gasteiger partial charge is 0.257 e. The zero-order valence-electron chi connectivity index (χ0n) is 20.9. The average Bonchev–Trinajstić information content (AvgIpc) is 3.54. The lowest BCUT2D eigenvalue weighted by Gasteiger charge is -2.39. The number of amides is 1. The minimum absolute atomic E-state index is 0.0111. The summed E-state index contributed by atoms with van der Waals surface area (Å²) in [5, 5.41) is 5.97. The van der Waals surface area contributed by atoms with Crippen molar-refractivity contribution in [2.75, 3.05) is 11.9 Å². The predicted molar refractivity (Wildman–Crippen MR) is 149 cm³/mol. The predicted octanol–water partition coefficient (Wildman–Crippen LogP) is 6.26. The third-order valence-corrected chi connectivity index (χ3v) is 11.1. The van der Waals surface area contributed by atoms with Crippen LogP contribution in [0.4, 0.5) is 5.13 Å². The fourth-order valence-electron chi connectivity index (χ4n) is 6.18. The van der Waals surface area contributed by atoms with Crippen LogP contribution in [0.2, 0.25) is 0 Å². The van der Waals surface area contributed by atoms with Crippen LogP contribution in [0.1, 0.15) is 50.4 Å². The lowest BCUT2D eigenvalue weighted by molar-refractivity contribution is 0.102. The minimum atomic E-state index is -3.64. The Morgan fingerprint density at radius 3 is 2.57 bits per heavy atom. The lowest BCUT2D eigenvalue weighted by atomic mass is 9.65. The van der Waals surface area contributed by atoms with E-state index in [9.17, 15) is 13.2 Å². The summed E-state index contributed by atoms with van der Waals surface area (Å²) in [5.41, 5.74) is 2.16. The maximum atomic E-state index is 13.5. The molecule has 1 saturated carbocycles. The number of nitrogens with zero attached hydrogens (tertiary/aromatic N) is 3. The van der Waals surface area contributed by atoms with E-state index >= 15 is 0 Å². The Labute approximate surface area is 224 Å². The molecular formula is C27H28N4O3S3. The first kappa shape index (κ1) is 24.7. The normalized spacial score (nSPS) is 23.4. The van der Waals surface area contributed by atoms with Crippen LogP contribution >= 0.6 is 22.7 Å². The van der Waals surface area contributed by atoms with Crippen LogP contribution in [0.5, 0.6) is 0 Å². The Balaban J connectivity index is 1.16. The summed E-state index contributed by atoms with van der Waals surface area (Å²) in [7, 11) is -3.64. The zero-order chi connectivity index (χ0) is 26.0. The first-order chi connectivity index (χ1) is 17.5. The standard InChI is InChI=1S/C27H28N4O3S3/c1-26(2)12-18-13-27(3,15-26)16-31(18)37(33,34)19-10-8-17(9-11-19)23(32)30-25-29-21(14-35-25)24-28-20-6-4-5-7-22(20)36-24/h4-11,14,18H,12-13,15-16H2,1-3H3,(H,29,30,32)/t18-,27-/m0/s1. The molecule has 0 unspecified atom stereocenters. The van der Waals surface area contributed by atoms with Crippen molar-refractivity contribution in [2.45, 2.75) is 51.0 Å². The minimum Gasteiger partial charge on any atom is -0.298 e. The maximum Gasteiger partial charge on any atom is 0.257 e. The van der Waals surface area contributed by atoms with Gasteiger partial charge in [0.2, 0.25) is 10.0 Å². The number of hydrogen-bond acceptors (Lipinski definition) is 7. The third kappa shape index (κ3) is 4.60. The van der Waals surface area contributed by atoms with Crippen molar-refractivity contribution in [1.29, 1.82) is 0 Å². The SMILES string of the molecule is CC1(C)C[C@H]2C[C@](C)(CN2S(=O)(=O)c2ccc(C(=O)Nc3nc(-c4nc5ccccc5s4)cs3)cc2)C1. The second-order valence-electron chi connectivity index (χ2n) is 11.3. The van der Waals surface area contributed by atoms with Gasteiger partial charge in [0.1, 0.15) is 10.7 Å². The molecule has 4 aromatic rings. The second-order valence-corrected chi connectivity index (χ2v) is 15.0. The van der Waals surface area contributed by atoms with Crippen LogP contribution in [0, 0.1) is 10.8 Å². The van der Waals surface area contributed by atoms with E-state index < -0.39 is 10.0 Å². The second kappa shape index (κ2) is 8.69.